The van der Waals surface area contributed by atoms with Crippen molar-refractivity contribution in [2.45, 2.75) is 20.1 Å². The molecule has 0 saturated heterocycles. The summed E-state index contributed by atoms with van der Waals surface area (Å²) in [5, 5.41) is 10.0. The molecule has 0 fully saturated rings. The minimum absolute atomic E-state index is 0.00708. The highest BCUT2D eigenvalue weighted by Crippen LogP contribution is 2.01. The third kappa shape index (κ3) is 6.11. The number of hydrogen-bond donors (Lipinski definition) is 0. The quantitative estimate of drug-likeness (QED) is 0.281. The van der Waals surface area contributed by atoms with E-state index in [9.17, 15) is 14.9 Å². The molecule has 0 aromatic heterocycles. The molecular formula is C6H11NO4S. The van der Waals surface area contributed by atoms with Gasteiger partial charge in [0.15, 0.2) is 5.12 Å². The number of carbonyl (C=O) groups excluding carboxylic acids is 1. The Bertz CT molecular complexity index is 173. The number of nitrogens with zero attached hydrogens (tertiary/aromatic N) is 1. The Kier molecular flexibility index (Phi) is 5.65. The number of carbonyl (C=O) groups is 1. The summed E-state index contributed by atoms with van der Waals surface area (Å²) in [7, 11) is 0. The number of rotatable bonds is 5. The second kappa shape index (κ2) is 5.96. The van der Waals surface area contributed by atoms with Crippen LogP contribution in [0.5, 0.6) is 0 Å². The molecule has 0 aliphatic heterocycles. The molecular weight excluding hydrogens is 182 g/mol. The average molecular weight is 193 g/mol. The third-order valence-corrected chi connectivity index (χ3v) is 1.82. The summed E-state index contributed by atoms with van der Waals surface area (Å²) in [6.45, 7) is 3.03. The molecule has 6 heteroatoms. The normalized spacial score (nSPS) is 12.5. The maximum atomic E-state index is 10.4. The van der Waals surface area contributed by atoms with E-state index in [0.29, 0.717) is 5.75 Å². The Morgan fingerprint density at radius 2 is 2.33 bits per heavy atom. The van der Waals surface area contributed by atoms with Gasteiger partial charge in [0.1, 0.15) is 0 Å². The van der Waals surface area contributed by atoms with Crippen LogP contribution < -0.4 is 0 Å². The Labute approximate surface area is 74.6 Å². The molecule has 1 unspecified atom stereocenters. The van der Waals surface area contributed by atoms with Crippen molar-refractivity contribution in [1.82, 2.24) is 0 Å². The molecule has 0 rings (SSSR count). The first-order chi connectivity index (χ1) is 5.54. The first kappa shape index (κ1) is 11.4. The van der Waals surface area contributed by atoms with Crippen molar-refractivity contribution in [3.63, 3.8) is 0 Å². The van der Waals surface area contributed by atoms with Crippen molar-refractivity contribution in [2.24, 2.45) is 0 Å². The van der Waals surface area contributed by atoms with E-state index in [1.54, 1.807) is 0 Å². The fourth-order valence-electron chi connectivity index (χ4n) is 0.465. The average Bonchev–Trinajstić information content (AvgIpc) is 1.97. The van der Waals surface area contributed by atoms with Crippen LogP contribution in [0.3, 0.4) is 0 Å². The lowest BCUT2D eigenvalue weighted by atomic mass is 10.7. The van der Waals surface area contributed by atoms with Crippen molar-refractivity contribution in [3.8, 4) is 0 Å². The molecule has 12 heavy (non-hydrogen) atoms. The van der Waals surface area contributed by atoms with E-state index in [-0.39, 0.29) is 11.7 Å². The van der Waals surface area contributed by atoms with Gasteiger partial charge in [0.05, 0.1) is 11.5 Å². The van der Waals surface area contributed by atoms with Crippen LogP contribution in [0.2, 0.25) is 0 Å². The van der Waals surface area contributed by atoms with Crippen molar-refractivity contribution in [1.29, 1.82) is 0 Å². The highest BCUT2D eigenvalue weighted by molar-refractivity contribution is 8.13. The number of thioether (sulfide) groups is 1. The second-order valence-corrected chi connectivity index (χ2v) is 3.37. The summed E-state index contributed by atoms with van der Waals surface area (Å²) in [5.74, 6) is 0.466. The van der Waals surface area contributed by atoms with Gasteiger partial charge < -0.3 is 4.74 Å². The molecule has 0 saturated carbocycles. The van der Waals surface area contributed by atoms with Crippen molar-refractivity contribution in [3.05, 3.63) is 10.1 Å². The van der Waals surface area contributed by atoms with E-state index in [0.717, 1.165) is 11.8 Å². The lowest BCUT2D eigenvalue weighted by Crippen LogP contribution is -2.20. The largest absolute Gasteiger partial charge is 0.316 e. The minimum atomic E-state index is -0.988. The van der Waals surface area contributed by atoms with Crippen molar-refractivity contribution >= 4 is 16.9 Å². The van der Waals surface area contributed by atoms with Crippen LogP contribution in [0.15, 0.2) is 0 Å². The van der Waals surface area contributed by atoms with Gasteiger partial charge in [-0.3, -0.25) is 14.9 Å². The highest BCUT2D eigenvalue weighted by atomic mass is 32.2. The molecule has 0 aliphatic carbocycles. The third-order valence-electron chi connectivity index (χ3n) is 1.04. The van der Waals surface area contributed by atoms with Crippen molar-refractivity contribution in [2.75, 3.05) is 12.4 Å². The Hall–Kier alpha value is -0.620. The molecule has 0 N–H and O–H groups in total. The summed E-state index contributed by atoms with van der Waals surface area (Å²) in [6, 6.07) is 0. The van der Waals surface area contributed by atoms with Gasteiger partial charge in [-0.15, -0.1) is 0 Å². The van der Waals surface area contributed by atoms with Crippen LogP contribution in [0.1, 0.15) is 13.8 Å². The summed E-state index contributed by atoms with van der Waals surface area (Å²) < 4.78 is 4.78. The fourth-order valence-corrected chi connectivity index (χ4v) is 0.932. The predicted octanol–water partition coefficient (Wildman–Crippen LogP) is 0.905. The number of hydrogen-bond acceptors (Lipinski definition) is 5. The number of nitro groups is 1. The van der Waals surface area contributed by atoms with Gasteiger partial charge in [-0.1, -0.05) is 11.8 Å². The Balaban J connectivity index is 3.31. The molecule has 0 aromatic rings. The summed E-state index contributed by atoms with van der Waals surface area (Å²) in [6.07, 6.45) is -0.988. The van der Waals surface area contributed by atoms with Gasteiger partial charge in [-0.05, 0) is 0 Å². The van der Waals surface area contributed by atoms with Gasteiger partial charge in [-0.25, -0.2) is 0 Å². The van der Waals surface area contributed by atoms with Crippen LogP contribution in [0, 0.1) is 10.1 Å². The molecule has 0 radical (unpaired) electrons. The summed E-state index contributed by atoms with van der Waals surface area (Å²) in [4.78, 5) is 19.9. The van der Waals surface area contributed by atoms with Crippen LogP contribution in [0.25, 0.3) is 0 Å². The van der Waals surface area contributed by atoms with E-state index >= 15 is 0 Å². The van der Waals surface area contributed by atoms with Gasteiger partial charge in [0, 0.05) is 19.6 Å². The molecule has 0 spiro atoms. The Morgan fingerprint density at radius 1 is 1.75 bits per heavy atom. The van der Waals surface area contributed by atoms with Crippen LogP contribution >= 0.6 is 11.8 Å². The number of ether oxygens (including phenoxy) is 1. The second-order valence-electron chi connectivity index (χ2n) is 2.10. The molecule has 1 atom stereocenters. The fraction of sp³-hybridized carbons (Fsp3) is 0.833. The van der Waals surface area contributed by atoms with Gasteiger partial charge in [0.25, 0.3) is 0 Å². The first-order valence-corrected chi connectivity index (χ1v) is 4.41. The zero-order chi connectivity index (χ0) is 9.56. The van der Waals surface area contributed by atoms with E-state index < -0.39 is 11.2 Å². The molecule has 70 valence electrons. The SMILES string of the molecule is CC(=O)SCCOC(C)[N+](=O)[O-]. The molecule has 0 aliphatic rings. The van der Waals surface area contributed by atoms with Crippen LogP contribution in [0.4, 0.5) is 0 Å². The monoisotopic (exact) mass is 193 g/mol. The Morgan fingerprint density at radius 3 is 2.75 bits per heavy atom. The zero-order valence-corrected chi connectivity index (χ0v) is 7.80. The summed E-state index contributed by atoms with van der Waals surface area (Å²) in [5.41, 5.74) is 0. The van der Waals surface area contributed by atoms with E-state index in [1.807, 2.05) is 0 Å². The maximum Gasteiger partial charge on any atom is 0.312 e. The first-order valence-electron chi connectivity index (χ1n) is 3.42. The van der Waals surface area contributed by atoms with Gasteiger partial charge in [-0.2, -0.15) is 0 Å². The maximum absolute atomic E-state index is 10.4. The lowest BCUT2D eigenvalue weighted by molar-refractivity contribution is -0.570. The molecule has 0 bridgehead atoms. The van der Waals surface area contributed by atoms with Crippen LogP contribution in [-0.4, -0.2) is 28.6 Å². The predicted molar refractivity (Wildman–Crippen MR) is 45.5 cm³/mol. The van der Waals surface area contributed by atoms with Gasteiger partial charge in [0.2, 0.25) is 0 Å². The minimum Gasteiger partial charge on any atom is -0.316 e. The van der Waals surface area contributed by atoms with Gasteiger partial charge >= 0.3 is 6.23 Å². The topological polar surface area (TPSA) is 69.4 Å². The molecule has 0 heterocycles. The smallest absolute Gasteiger partial charge is 0.312 e. The van der Waals surface area contributed by atoms with E-state index in [4.69, 9.17) is 4.74 Å². The standard InChI is InChI=1S/C6H11NO4S/c1-5(7(9)10)11-3-4-12-6(2)8/h5H,3-4H2,1-2H3. The van der Waals surface area contributed by atoms with E-state index in [2.05, 4.69) is 0 Å². The summed E-state index contributed by atoms with van der Waals surface area (Å²) >= 11 is 1.10. The van der Waals surface area contributed by atoms with E-state index in [1.165, 1.54) is 13.8 Å². The highest BCUT2D eigenvalue weighted by Gasteiger charge is 2.11. The molecule has 0 amide bonds. The molecule has 5 nitrogen and oxygen atoms in total. The lowest BCUT2D eigenvalue weighted by Gasteiger charge is -2.03. The van der Waals surface area contributed by atoms with Crippen LogP contribution in [-0.2, 0) is 9.53 Å². The molecule has 0 aromatic carbocycles. The zero-order valence-electron chi connectivity index (χ0n) is 6.98. The van der Waals surface area contributed by atoms with Crippen molar-refractivity contribution < 1.29 is 14.5 Å².